The second-order valence-corrected chi connectivity index (χ2v) is 7.71. The van der Waals surface area contributed by atoms with Crippen LogP contribution in [-0.2, 0) is 18.3 Å². The zero-order valence-electron chi connectivity index (χ0n) is 15.7. The smallest absolute Gasteiger partial charge is 0.101 e. The van der Waals surface area contributed by atoms with Crippen molar-refractivity contribution in [3.63, 3.8) is 0 Å². The molecule has 3 atom stereocenters. The van der Waals surface area contributed by atoms with Crippen molar-refractivity contribution in [1.82, 2.24) is 20.0 Å². The molecule has 1 aromatic heterocycles. The lowest BCUT2D eigenvalue weighted by atomic mass is 9.95. The van der Waals surface area contributed by atoms with Crippen molar-refractivity contribution < 1.29 is 4.74 Å². The molecule has 0 saturated carbocycles. The highest BCUT2D eigenvalue weighted by Gasteiger charge is 2.31. The van der Waals surface area contributed by atoms with Crippen LogP contribution in [0.4, 0.5) is 0 Å². The summed E-state index contributed by atoms with van der Waals surface area (Å²) in [7, 11) is 1.97. The number of ether oxygens (including phenoxy) is 1. The van der Waals surface area contributed by atoms with Crippen molar-refractivity contribution in [2.75, 3.05) is 19.7 Å². The lowest BCUT2D eigenvalue weighted by Crippen LogP contribution is -2.51. The van der Waals surface area contributed by atoms with Gasteiger partial charge in [-0.15, -0.1) is 0 Å². The zero-order valence-corrected chi connectivity index (χ0v) is 15.7. The van der Waals surface area contributed by atoms with E-state index in [2.05, 4.69) is 51.8 Å². The van der Waals surface area contributed by atoms with Gasteiger partial charge in [-0.1, -0.05) is 30.3 Å². The van der Waals surface area contributed by atoms with Gasteiger partial charge in [0.15, 0.2) is 0 Å². The highest BCUT2D eigenvalue weighted by atomic mass is 16.5. The first-order chi connectivity index (χ1) is 12.8. The van der Waals surface area contributed by atoms with Crippen LogP contribution in [0.2, 0.25) is 0 Å². The Morgan fingerprint density at radius 2 is 2.08 bits per heavy atom. The molecule has 5 heteroatoms. The topological polar surface area (TPSA) is 42.3 Å². The Morgan fingerprint density at radius 3 is 2.88 bits per heavy atom. The molecule has 1 N–H and O–H groups in total. The molecule has 4 rings (SSSR count). The SMILES string of the molecule is Cn1cc([C@H]2OCCC[C@@H]2N[C@@H]2CCCN(Cc3ccccc3)C2)cn1. The Kier molecular flexibility index (Phi) is 5.68. The molecule has 2 aromatic rings. The summed E-state index contributed by atoms with van der Waals surface area (Å²) < 4.78 is 7.99. The third-order valence-corrected chi connectivity index (χ3v) is 5.58. The molecule has 2 aliphatic heterocycles. The van der Waals surface area contributed by atoms with E-state index >= 15 is 0 Å². The molecular formula is C21H30N4O. The first-order valence-electron chi connectivity index (χ1n) is 9.90. The van der Waals surface area contributed by atoms with E-state index < -0.39 is 0 Å². The predicted octanol–water partition coefficient (Wildman–Crippen LogP) is 2.89. The predicted molar refractivity (Wildman–Crippen MR) is 103 cm³/mol. The number of aromatic nitrogens is 2. The highest BCUT2D eigenvalue weighted by molar-refractivity contribution is 5.15. The Labute approximate surface area is 156 Å². The fourth-order valence-corrected chi connectivity index (χ4v) is 4.35. The summed E-state index contributed by atoms with van der Waals surface area (Å²) in [5, 5.41) is 8.26. The van der Waals surface area contributed by atoms with Crippen LogP contribution in [0, 0.1) is 0 Å². The fraction of sp³-hybridized carbons (Fsp3) is 0.571. The summed E-state index contributed by atoms with van der Waals surface area (Å²) in [5.41, 5.74) is 2.60. The molecule has 5 nitrogen and oxygen atoms in total. The molecule has 3 heterocycles. The molecule has 2 fully saturated rings. The summed E-state index contributed by atoms with van der Waals surface area (Å²) in [6.45, 7) is 4.21. The van der Waals surface area contributed by atoms with Gasteiger partial charge in [0.2, 0.25) is 0 Å². The van der Waals surface area contributed by atoms with Gasteiger partial charge in [0.25, 0.3) is 0 Å². The van der Waals surface area contributed by atoms with Crippen LogP contribution < -0.4 is 5.32 Å². The third kappa shape index (κ3) is 4.34. The number of hydrogen-bond acceptors (Lipinski definition) is 4. The van der Waals surface area contributed by atoms with Crippen molar-refractivity contribution in [2.45, 2.75) is 50.4 Å². The molecule has 140 valence electrons. The summed E-state index contributed by atoms with van der Waals surface area (Å²) >= 11 is 0. The van der Waals surface area contributed by atoms with E-state index in [9.17, 15) is 0 Å². The molecular weight excluding hydrogens is 324 g/mol. The largest absolute Gasteiger partial charge is 0.372 e. The van der Waals surface area contributed by atoms with Crippen LogP contribution in [-0.4, -0.2) is 46.5 Å². The van der Waals surface area contributed by atoms with Crippen molar-refractivity contribution in [3.8, 4) is 0 Å². The maximum absolute atomic E-state index is 6.12. The standard InChI is InChI=1S/C21H30N4O/c1-24-15-18(13-22-24)21-20(10-6-12-26-21)23-19-9-5-11-25(16-19)14-17-7-3-2-4-8-17/h2-4,7-8,13,15,19-21,23H,5-6,9-12,14,16H2,1H3/t19-,20+,21-/m1/s1. The molecule has 2 saturated heterocycles. The number of benzene rings is 1. The van der Waals surface area contributed by atoms with E-state index in [4.69, 9.17) is 4.74 Å². The summed E-state index contributed by atoms with van der Waals surface area (Å²) in [4.78, 5) is 2.58. The van der Waals surface area contributed by atoms with Gasteiger partial charge < -0.3 is 10.1 Å². The van der Waals surface area contributed by atoms with Gasteiger partial charge in [0, 0.05) is 50.6 Å². The Morgan fingerprint density at radius 1 is 1.19 bits per heavy atom. The maximum Gasteiger partial charge on any atom is 0.101 e. The van der Waals surface area contributed by atoms with Crippen molar-refractivity contribution >= 4 is 0 Å². The van der Waals surface area contributed by atoms with Gasteiger partial charge in [0.05, 0.1) is 6.20 Å². The molecule has 1 aromatic carbocycles. The van der Waals surface area contributed by atoms with Crippen LogP contribution in [0.25, 0.3) is 0 Å². The summed E-state index contributed by atoms with van der Waals surface area (Å²) in [5.74, 6) is 0. The Hall–Kier alpha value is -1.69. The van der Waals surface area contributed by atoms with Gasteiger partial charge in [-0.3, -0.25) is 9.58 Å². The normalized spacial score (nSPS) is 27.5. The Balaban J connectivity index is 1.37. The van der Waals surface area contributed by atoms with Crippen LogP contribution in [0.5, 0.6) is 0 Å². The number of piperidine rings is 1. The van der Waals surface area contributed by atoms with Gasteiger partial charge in [-0.2, -0.15) is 5.10 Å². The molecule has 0 radical (unpaired) electrons. The minimum Gasteiger partial charge on any atom is -0.372 e. The minimum absolute atomic E-state index is 0.127. The fourth-order valence-electron chi connectivity index (χ4n) is 4.35. The van der Waals surface area contributed by atoms with Crippen molar-refractivity contribution in [1.29, 1.82) is 0 Å². The number of nitrogens with one attached hydrogen (secondary N) is 1. The van der Waals surface area contributed by atoms with Crippen molar-refractivity contribution in [3.05, 3.63) is 53.9 Å². The van der Waals surface area contributed by atoms with E-state index in [-0.39, 0.29) is 6.10 Å². The number of aryl methyl sites for hydroxylation is 1. The average Bonchev–Trinajstić information content (AvgIpc) is 3.10. The third-order valence-electron chi connectivity index (χ3n) is 5.58. The molecule has 26 heavy (non-hydrogen) atoms. The second-order valence-electron chi connectivity index (χ2n) is 7.71. The van der Waals surface area contributed by atoms with Crippen LogP contribution in [0.1, 0.15) is 42.9 Å². The number of nitrogens with zero attached hydrogens (tertiary/aromatic N) is 3. The van der Waals surface area contributed by atoms with E-state index in [1.807, 2.05) is 17.9 Å². The van der Waals surface area contributed by atoms with Crippen LogP contribution >= 0.6 is 0 Å². The number of rotatable bonds is 5. The van der Waals surface area contributed by atoms with Crippen LogP contribution in [0.15, 0.2) is 42.7 Å². The maximum atomic E-state index is 6.12. The molecule has 0 spiro atoms. The number of likely N-dealkylation sites (tertiary alicyclic amines) is 1. The molecule has 0 amide bonds. The van der Waals surface area contributed by atoms with Crippen LogP contribution in [0.3, 0.4) is 0 Å². The molecule has 0 unspecified atom stereocenters. The lowest BCUT2D eigenvalue weighted by molar-refractivity contribution is -0.0169. The van der Waals surface area contributed by atoms with E-state index in [0.29, 0.717) is 12.1 Å². The van der Waals surface area contributed by atoms with E-state index in [0.717, 1.165) is 26.1 Å². The first kappa shape index (κ1) is 17.7. The van der Waals surface area contributed by atoms with E-state index in [1.54, 1.807) is 0 Å². The average molecular weight is 354 g/mol. The summed E-state index contributed by atoms with van der Waals surface area (Å²) in [6.07, 6.45) is 8.99. The zero-order chi connectivity index (χ0) is 17.8. The molecule has 2 aliphatic rings. The molecule has 0 bridgehead atoms. The van der Waals surface area contributed by atoms with Gasteiger partial charge in [-0.25, -0.2) is 0 Å². The highest BCUT2D eigenvalue weighted by Crippen LogP contribution is 2.29. The minimum atomic E-state index is 0.127. The number of hydrogen-bond donors (Lipinski definition) is 1. The Bertz CT molecular complexity index is 686. The first-order valence-corrected chi connectivity index (χ1v) is 9.90. The van der Waals surface area contributed by atoms with Gasteiger partial charge in [-0.05, 0) is 37.8 Å². The van der Waals surface area contributed by atoms with Gasteiger partial charge >= 0.3 is 0 Å². The summed E-state index contributed by atoms with van der Waals surface area (Å²) in [6, 6.07) is 11.7. The van der Waals surface area contributed by atoms with Crippen molar-refractivity contribution in [2.24, 2.45) is 7.05 Å². The van der Waals surface area contributed by atoms with E-state index in [1.165, 1.54) is 36.9 Å². The molecule has 0 aliphatic carbocycles. The lowest BCUT2D eigenvalue weighted by Gasteiger charge is -2.39. The quantitative estimate of drug-likeness (QED) is 0.897. The van der Waals surface area contributed by atoms with Gasteiger partial charge in [0.1, 0.15) is 6.10 Å². The second kappa shape index (κ2) is 8.33. The monoisotopic (exact) mass is 354 g/mol.